The van der Waals surface area contributed by atoms with Gasteiger partial charge >= 0.3 is 0 Å². The van der Waals surface area contributed by atoms with Gasteiger partial charge in [0.05, 0.1) is 6.10 Å². The molecule has 0 saturated heterocycles. The molecule has 4 saturated carbocycles. The van der Waals surface area contributed by atoms with Gasteiger partial charge in [-0.2, -0.15) is 0 Å². The number of hydrogen-bond acceptors (Lipinski definition) is 3. The van der Waals surface area contributed by atoms with E-state index in [2.05, 4.69) is 31.0 Å². The van der Waals surface area contributed by atoms with Crippen LogP contribution in [0.1, 0.15) is 91.4 Å². The molecule has 0 aliphatic heterocycles. The fourth-order valence-electron chi connectivity index (χ4n) is 9.28. The van der Waals surface area contributed by atoms with Crippen molar-refractivity contribution < 1.29 is 9.90 Å². The molecule has 0 aromatic heterocycles. The number of fused-ring (bicyclic) bond motifs is 5. The summed E-state index contributed by atoms with van der Waals surface area (Å²) in [5, 5.41) is 13.4. The smallest absolute Gasteiger partial charge is 0.220 e. The van der Waals surface area contributed by atoms with Gasteiger partial charge in [-0.25, -0.2) is 0 Å². The van der Waals surface area contributed by atoms with Crippen LogP contribution in [0, 0.1) is 46.3 Å². The predicted octanol–water partition coefficient (Wildman–Crippen LogP) is 5.10. The van der Waals surface area contributed by atoms with E-state index in [-0.39, 0.29) is 12.0 Å². The number of carbonyl (C=O) groups is 1. The van der Waals surface area contributed by atoms with E-state index >= 15 is 0 Å². The van der Waals surface area contributed by atoms with E-state index in [1.165, 1.54) is 44.9 Å². The zero-order chi connectivity index (χ0) is 23.1. The number of aliphatic hydroxyl groups excluding tert-OH is 1. The van der Waals surface area contributed by atoms with Crippen molar-refractivity contribution in [2.45, 2.75) is 97.5 Å². The molecule has 2 N–H and O–H groups in total. The fourth-order valence-corrected chi connectivity index (χ4v) is 9.28. The summed E-state index contributed by atoms with van der Waals surface area (Å²) in [6.07, 6.45) is 13.3. The third-order valence-electron chi connectivity index (χ3n) is 11.1. The maximum atomic E-state index is 12.3. The molecule has 1 amide bonds. The highest BCUT2D eigenvalue weighted by Crippen LogP contribution is 2.68. The molecule has 32 heavy (non-hydrogen) atoms. The number of nitrogens with one attached hydrogen (secondary N) is 1. The fraction of sp³-hybridized carbons (Fsp3) is 0.964. The van der Waals surface area contributed by atoms with E-state index in [1.54, 1.807) is 0 Å². The van der Waals surface area contributed by atoms with Crippen LogP contribution in [-0.2, 0) is 4.79 Å². The maximum absolute atomic E-state index is 12.3. The van der Waals surface area contributed by atoms with Crippen molar-refractivity contribution in [3.05, 3.63) is 0 Å². The van der Waals surface area contributed by atoms with Gasteiger partial charge in [-0.1, -0.05) is 20.8 Å². The van der Waals surface area contributed by atoms with Crippen molar-refractivity contribution in [3.63, 3.8) is 0 Å². The van der Waals surface area contributed by atoms with Gasteiger partial charge < -0.3 is 15.3 Å². The molecule has 4 rings (SSSR count). The van der Waals surface area contributed by atoms with Crippen LogP contribution in [0.25, 0.3) is 0 Å². The quantitative estimate of drug-likeness (QED) is 0.572. The highest BCUT2D eigenvalue weighted by Gasteiger charge is 2.60. The number of rotatable bonds is 7. The molecule has 9 atom stereocenters. The second-order valence-electron chi connectivity index (χ2n) is 13.0. The van der Waals surface area contributed by atoms with Crippen LogP contribution < -0.4 is 5.32 Å². The summed E-state index contributed by atoms with van der Waals surface area (Å²) in [4.78, 5) is 14.5. The Hall–Kier alpha value is -0.610. The second-order valence-corrected chi connectivity index (χ2v) is 13.0. The highest BCUT2D eigenvalue weighted by atomic mass is 16.3. The van der Waals surface area contributed by atoms with Crippen LogP contribution in [0.3, 0.4) is 0 Å². The van der Waals surface area contributed by atoms with Crippen molar-refractivity contribution in [1.82, 2.24) is 10.2 Å². The van der Waals surface area contributed by atoms with E-state index < -0.39 is 0 Å². The highest BCUT2D eigenvalue weighted by molar-refractivity contribution is 5.75. The standard InChI is InChI=1S/C28H50N2O2/c1-19(6-11-26(32)29-16-17-30(4)5)23-9-10-24-22-8-7-20-18-21(31)12-14-27(20,2)25(22)13-15-28(23,24)3/h19-25,31H,6-18H2,1-5H3,(H,29,32)/t19-,20?,21-,22?,23?,24?,25?,27?,28?/m1/s1. The zero-order valence-electron chi connectivity index (χ0n) is 21.5. The van der Waals surface area contributed by atoms with Crippen LogP contribution in [0.4, 0.5) is 0 Å². The van der Waals surface area contributed by atoms with Crippen LogP contribution in [-0.4, -0.2) is 49.2 Å². The number of hydrogen-bond donors (Lipinski definition) is 2. The first kappa shape index (κ1) is 24.5. The Morgan fingerprint density at radius 2 is 1.75 bits per heavy atom. The molecular formula is C28H50N2O2. The summed E-state index contributed by atoms with van der Waals surface area (Å²) >= 11 is 0. The lowest BCUT2D eigenvalue weighted by Gasteiger charge is -2.61. The third-order valence-corrected chi connectivity index (χ3v) is 11.1. The number of likely N-dealkylation sites (N-methyl/N-ethyl adjacent to an activating group) is 1. The summed E-state index contributed by atoms with van der Waals surface area (Å²) < 4.78 is 0. The Labute approximate surface area is 197 Å². The third kappa shape index (κ3) is 4.52. The Morgan fingerprint density at radius 1 is 1.03 bits per heavy atom. The molecule has 4 aliphatic carbocycles. The molecule has 0 aromatic rings. The van der Waals surface area contributed by atoms with E-state index in [0.717, 1.165) is 61.9 Å². The average molecular weight is 447 g/mol. The van der Waals surface area contributed by atoms with Gasteiger partial charge in [0.15, 0.2) is 0 Å². The van der Waals surface area contributed by atoms with Crippen LogP contribution in [0.15, 0.2) is 0 Å². The summed E-state index contributed by atoms with van der Waals surface area (Å²) in [5.74, 6) is 5.05. The van der Waals surface area contributed by atoms with Crippen molar-refractivity contribution in [1.29, 1.82) is 0 Å². The van der Waals surface area contributed by atoms with Gasteiger partial charge in [-0.15, -0.1) is 0 Å². The van der Waals surface area contributed by atoms with E-state index in [1.807, 2.05) is 14.1 Å². The lowest BCUT2D eigenvalue weighted by Crippen LogP contribution is -2.54. The Bertz CT molecular complexity index is 666. The van der Waals surface area contributed by atoms with Crippen molar-refractivity contribution in [3.8, 4) is 0 Å². The minimum absolute atomic E-state index is 0.0460. The number of carbonyl (C=O) groups excluding carboxylic acids is 1. The lowest BCUT2D eigenvalue weighted by atomic mass is 9.44. The number of amides is 1. The van der Waals surface area contributed by atoms with Gasteiger partial charge in [-0.3, -0.25) is 4.79 Å². The van der Waals surface area contributed by atoms with Gasteiger partial charge in [-0.05, 0) is 125 Å². The summed E-state index contributed by atoms with van der Waals surface area (Å²) in [6.45, 7) is 9.30. The predicted molar refractivity (Wildman–Crippen MR) is 131 cm³/mol. The van der Waals surface area contributed by atoms with Gasteiger partial charge in [0.2, 0.25) is 5.91 Å². The molecule has 184 valence electrons. The van der Waals surface area contributed by atoms with Crippen molar-refractivity contribution in [2.24, 2.45) is 46.3 Å². The average Bonchev–Trinajstić information content (AvgIpc) is 3.09. The van der Waals surface area contributed by atoms with E-state index in [9.17, 15) is 9.90 Å². The molecule has 0 bridgehead atoms. The Morgan fingerprint density at radius 3 is 2.50 bits per heavy atom. The minimum atomic E-state index is -0.0460. The molecule has 0 aromatic carbocycles. The molecule has 4 nitrogen and oxygen atoms in total. The monoisotopic (exact) mass is 446 g/mol. The molecular weight excluding hydrogens is 396 g/mol. The largest absolute Gasteiger partial charge is 0.393 e. The Balaban J connectivity index is 1.36. The van der Waals surface area contributed by atoms with E-state index in [4.69, 9.17) is 0 Å². The SMILES string of the molecule is C[C@H](CCC(=O)NCCN(C)C)C1CCC2C3CCC4C[C@H](O)CCC4(C)C3CCC21C. The van der Waals surface area contributed by atoms with E-state index in [0.29, 0.717) is 23.2 Å². The lowest BCUT2D eigenvalue weighted by molar-refractivity contribution is -0.129. The maximum Gasteiger partial charge on any atom is 0.220 e. The summed E-state index contributed by atoms with van der Waals surface area (Å²) in [5.41, 5.74) is 0.942. The summed E-state index contributed by atoms with van der Waals surface area (Å²) in [6, 6.07) is 0. The van der Waals surface area contributed by atoms with Gasteiger partial charge in [0, 0.05) is 19.5 Å². The van der Waals surface area contributed by atoms with Crippen LogP contribution >= 0.6 is 0 Å². The molecule has 4 fully saturated rings. The van der Waals surface area contributed by atoms with Crippen LogP contribution in [0.5, 0.6) is 0 Å². The van der Waals surface area contributed by atoms with Crippen molar-refractivity contribution in [2.75, 3.05) is 27.2 Å². The normalized spacial score (nSPS) is 44.5. The first-order valence-corrected chi connectivity index (χ1v) is 13.7. The molecule has 4 heteroatoms. The Kier molecular flexibility index (Phi) is 7.33. The molecule has 0 radical (unpaired) electrons. The molecule has 4 aliphatic rings. The first-order valence-electron chi connectivity index (χ1n) is 13.7. The molecule has 0 spiro atoms. The summed E-state index contributed by atoms with van der Waals surface area (Å²) in [7, 11) is 4.09. The van der Waals surface area contributed by atoms with Gasteiger partial charge in [0.1, 0.15) is 0 Å². The molecule has 7 unspecified atom stereocenters. The van der Waals surface area contributed by atoms with Gasteiger partial charge in [0.25, 0.3) is 0 Å². The topological polar surface area (TPSA) is 52.6 Å². The first-order chi connectivity index (χ1) is 15.1. The number of nitrogens with zero attached hydrogens (tertiary/aromatic N) is 1. The zero-order valence-corrected chi connectivity index (χ0v) is 21.5. The van der Waals surface area contributed by atoms with Crippen molar-refractivity contribution >= 4 is 5.91 Å². The number of aliphatic hydroxyl groups is 1. The second kappa shape index (κ2) is 9.56. The molecule has 0 heterocycles. The minimum Gasteiger partial charge on any atom is -0.393 e. The van der Waals surface area contributed by atoms with Crippen LogP contribution in [0.2, 0.25) is 0 Å².